The first kappa shape index (κ1) is 12.5. The van der Waals surface area contributed by atoms with E-state index >= 15 is 0 Å². The average Bonchev–Trinajstić information content (AvgIpc) is 3.41. The molecule has 2 aliphatic rings. The van der Waals surface area contributed by atoms with Crippen molar-refractivity contribution in [1.29, 1.82) is 0 Å². The number of aromatic nitrogens is 4. The van der Waals surface area contributed by atoms with Crippen LogP contribution in [-0.4, -0.2) is 31.7 Å². The molecule has 1 heterocycles. The number of tetrazole rings is 1. The average molecular weight is 284 g/mol. The zero-order valence-electron chi connectivity index (χ0n) is 11.5. The lowest BCUT2D eigenvalue weighted by Gasteiger charge is -2.11. The first-order valence-electron chi connectivity index (χ1n) is 7.14. The number of carbonyl (C=O) groups excluding carboxylic acids is 1. The van der Waals surface area contributed by atoms with E-state index in [1.165, 1.54) is 0 Å². The highest BCUT2D eigenvalue weighted by molar-refractivity contribution is 6.00. The molecule has 2 saturated carbocycles. The third-order valence-electron chi connectivity index (χ3n) is 4.01. The van der Waals surface area contributed by atoms with Crippen LogP contribution in [0.3, 0.4) is 0 Å². The molecule has 0 atom stereocenters. The van der Waals surface area contributed by atoms with Crippen LogP contribution in [0.25, 0.3) is 11.4 Å². The monoisotopic (exact) mass is 284 g/mol. The largest absolute Gasteiger partial charge is 0.324 e. The van der Waals surface area contributed by atoms with Crippen molar-refractivity contribution < 1.29 is 4.79 Å². The smallest absolute Gasteiger partial charge is 0.244 e. The molecule has 1 amide bonds. The maximum absolute atomic E-state index is 12.0. The van der Waals surface area contributed by atoms with Gasteiger partial charge in [0.25, 0.3) is 0 Å². The fraction of sp³-hybridized carbons (Fsp3) is 0.429. The lowest BCUT2D eigenvalue weighted by atomic mass is 10.1. The van der Waals surface area contributed by atoms with Crippen molar-refractivity contribution in [3.63, 3.8) is 0 Å². The molecule has 0 radical (unpaired) electrons. The number of rotatable bonds is 4. The molecule has 7 heteroatoms. The second-order valence-electron chi connectivity index (χ2n) is 5.87. The van der Waals surface area contributed by atoms with E-state index in [1.54, 1.807) is 0 Å². The van der Waals surface area contributed by atoms with Gasteiger partial charge in [-0.25, -0.2) is 4.68 Å². The van der Waals surface area contributed by atoms with Crippen LogP contribution >= 0.6 is 0 Å². The quantitative estimate of drug-likeness (QED) is 0.876. The number of carbonyl (C=O) groups is 1. The number of amides is 1. The third kappa shape index (κ3) is 2.29. The fourth-order valence-corrected chi connectivity index (χ4v) is 2.30. The minimum atomic E-state index is -0.675. The van der Waals surface area contributed by atoms with Gasteiger partial charge in [-0.15, -0.1) is 5.10 Å². The highest BCUT2D eigenvalue weighted by Gasteiger charge is 2.45. The van der Waals surface area contributed by atoms with Crippen molar-refractivity contribution in [1.82, 2.24) is 20.2 Å². The van der Waals surface area contributed by atoms with E-state index in [0.717, 1.165) is 42.8 Å². The second kappa shape index (κ2) is 4.36. The molecule has 4 rings (SSSR count). The second-order valence-corrected chi connectivity index (χ2v) is 5.87. The van der Waals surface area contributed by atoms with E-state index in [0.29, 0.717) is 6.04 Å². The zero-order valence-corrected chi connectivity index (χ0v) is 11.5. The van der Waals surface area contributed by atoms with Gasteiger partial charge in [0.2, 0.25) is 5.91 Å². The van der Waals surface area contributed by atoms with E-state index in [4.69, 9.17) is 5.73 Å². The Morgan fingerprint density at radius 3 is 2.90 bits per heavy atom. The summed E-state index contributed by atoms with van der Waals surface area (Å²) >= 11 is 0. The Morgan fingerprint density at radius 1 is 1.38 bits per heavy atom. The Morgan fingerprint density at radius 2 is 2.19 bits per heavy atom. The maximum Gasteiger partial charge on any atom is 0.244 e. The third-order valence-corrected chi connectivity index (χ3v) is 4.01. The Hall–Kier alpha value is -2.28. The lowest BCUT2D eigenvalue weighted by molar-refractivity contribution is -0.118. The van der Waals surface area contributed by atoms with Crippen molar-refractivity contribution in [3.05, 3.63) is 24.3 Å². The van der Waals surface area contributed by atoms with E-state index in [1.807, 2.05) is 28.9 Å². The zero-order chi connectivity index (χ0) is 14.4. The minimum Gasteiger partial charge on any atom is -0.324 e. The highest BCUT2D eigenvalue weighted by atomic mass is 16.2. The molecule has 0 unspecified atom stereocenters. The minimum absolute atomic E-state index is 0.124. The summed E-state index contributed by atoms with van der Waals surface area (Å²) in [6, 6.07) is 7.96. The highest BCUT2D eigenvalue weighted by Crippen LogP contribution is 2.37. The number of nitrogens with two attached hydrogens (primary N) is 1. The number of hydrogen-bond donors (Lipinski definition) is 2. The molecule has 2 fully saturated rings. The SMILES string of the molecule is NC1(C(=O)Nc2cccc(-c3nnnn3C3CC3)c2)CC1. The summed E-state index contributed by atoms with van der Waals surface area (Å²) in [4.78, 5) is 12.0. The molecular formula is C14H16N6O. The van der Waals surface area contributed by atoms with Crippen LogP contribution in [0, 0.1) is 0 Å². The first-order chi connectivity index (χ1) is 10.2. The summed E-state index contributed by atoms with van der Waals surface area (Å²) in [5.74, 6) is 0.615. The van der Waals surface area contributed by atoms with Gasteiger partial charge < -0.3 is 11.1 Å². The van der Waals surface area contributed by atoms with Gasteiger partial charge in [-0.05, 0) is 48.2 Å². The van der Waals surface area contributed by atoms with E-state index < -0.39 is 5.54 Å². The molecule has 2 aliphatic carbocycles. The van der Waals surface area contributed by atoms with Gasteiger partial charge in [-0.3, -0.25) is 4.79 Å². The van der Waals surface area contributed by atoms with E-state index in [2.05, 4.69) is 20.8 Å². The van der Waals surface area contributed by atoms with Crippen LogP contribution in [0.1, 0.15) is 31.7 Å². The van der Waals surface area contributed by atoms with Crippen LogP contribution in [0.5, 0.6) is 0 Å². The van der Waals surface area contributed by atoms with Gasteiger partial charge >= 0.3 is 0 Å². The number of hydrogen-bond acceptors (Lipinski definition) is 5. The Kier molecular flexibility index (Phi) is 2.58. The van der Waals surface area contributed by atoms with Crippen LogP contribution in [0.4, 0.5) is 5.69 Å². The fourth-order valence-electron chi connectivity index (χ4n) is 2.30. The van der Waals surface area contributed by atoms with Gasteiger partial charge in [-0.1, -0.05) is 12.1 Å². The number of benzene rings is 1. The van der Waals surface area contributed by atoms with Crippen LogP contribution < -0.4 is 11.1 Å². The topological polar surface area (TPSA) is 98.7 Å². The Bertz CT molecular complexity index is 701. The molecule has 7 nitrogen and oxygen atoms in total. The summed E-state index contributed by atoms with van der Waals surface area (Å²) in [5, 5.41) is 14.8. The first-order valence-corrected chi connectivity index (χ1v) is 7.14. The number of anilines is 1. The molecule has 2 aromatic rings. The van der Waals surface area contributed by atoms with Crippen molar-refractivity contribution >= 4 is 11.6 Å². The van der Waals surface area contributed by atoms with E-state index in [-0.39, 0.29) is 5.91 Å². The van der Waals surface area contributed by atoms with Gasteiger partial charge in [0.15, 0.2) is 5.82 Å². The summed E-state index contributed by atoms with van der Waals surface area (Å²) in [7, 11) is 0. The molecular weight excluding hydrogens is 268 g/mol. The summed E-state index contributed by atoms with van der Waals surface area (Å²) < 4.78 is 1.85. The standard InChI is InChI=1S/C14H16N6O/c15-14(6-7-14)13(21)16-10-3-1-2-9(8-10)12-17-18-19-20(12)11-4-5-11/h1-3,8,11H,4-7,15H2,(H,16,21). The van der Waals surface area contributed by atoms with Gasteiger partial charge in [0.05, 0.1) is 11.6 Å². The van der Waals surface area contributed by atoms with Crippen LogP contribution in [-0.2, 0) is 4.79 Å². The molecule has 21 heavy (non-hydrogen) atoms. The number of nitrogens with one attached hydrogen (secondary N) is 1. The molecule has 0 spiro atoms. The molecule has 0 saturated heterocycles. The van der Waals surface area contributed by atoms with Gasteiger partial charge in [0, 0.05) is 11.3 Å². The summed E-state index contributed by atoms with van der Waals surface area (Å²) in [5.41, 5.74) is 6.84. The number of nitrogens with zero attached hydrogens (tertiary/aromatic N) is 4. The predicted octanol–water partition coefficient (Wildman–Crippen LogP) is 1.10. The molecule has 0 aliphatic heterocycles. The molecule has 1 aromatic heterocycles. The van der Waals surface area contributed by atoms with Crippen molar-refractivity contribution in [2.75, 3.05) is 5.32 Å². The summed E-state index contributed by atoms with van der Waals surface area (Å²) in [6.45, 7) is 0. The lowest BCUT2D eigenvalue weighted by Crippen LogP contribution is -2.37. The normalized spacial score (nSPS) is 19.3. The van der Waals surface area contributed by atoms with Gasteiger partial charge in [0.1, 0.15) is 0 Å². The molecule has 0 bridgehead atoms. The van der Waals surface area contributed by atoms with E-state index in [9.17, 15) is 4.79 Å². The van der Waals surface area contributed by atoms with Gasteiger partial charge in [-0.2, -0.15) is 0 Å². The summed E-state index contributed by atoms with van der Waals surface area (Å²) in [6.07, 6.45) is 3.73. The van der Waals surface area contributed by atoms with Crippen LogP contribution in [0.15, 0.2) is 24.3 Å². The molecule has 108 valence electrons. The molecule has 1 aromatic carbocycles. The molecule has 3 N–H and O–H groups in total. The Balaban J connectivity index is 1.60. The van der Waals surface area contributed by atoms with Crippen molar-refractivity contribution in [3.8, 4) is 11.4 Å². The Labute approximate surface area is 121 Å². The van der Waals surface area contributed by atoms with Crippen LogP contribution in [0.2, 0.25) is 0 Å². The predicted molar refractivity (Wildman–Crippen MR) is 76.3 cm³/mol. The maximum atomic E-state index is 12.0. The van der Waals surface area contributed by atoms with Crippen molar-refractivity contribution in [2.45, 2.75) is 37.3 Å². The van der Waals surface area contributed by atoms with Crippen molar-refractivity contribution in [2.24, 2.45) is 5.73 Å².